The van der Waals surface area contributed by atoms with Crippen LogP contribution in [0.5, 0.6) is 23.0 Å². The van der Waals surface area contributed by atoms with Crippen molar-refractivity contribution >= 4 is 0 Å². The fraction of sp³-hybridized carbons (Fsp3) is 0.280. The van der Waals surface area contributed by atoms with Crippen LogP contribution in [0.15, 0.2) is 169 Å². The van der Waals surface area contributed by atoms with E-state index in [-0.39, 0.29) is 29.0 Å². The average Bonchev–Trinajstić information content (AvgIpc) is 3.99. The molecule has 0 amide bonds. The van der Waals surface area contributed by atoms with Gasteiger partial charge in [0.2, 0.25) is 0 Å². The van der Waals surface area contributed by atoms with Crippen LogP contribution in [0.2, 0.25) is 0 Å². The molecule has 4 aromatic carbocycles. The Morgan fingerprint density at radius 3 is 0.965 bits per heavy atom. The number of hydrogen-bond acceptors (Lipinski definition) is 6. The van der Waals surface area contributed by atoms with Gasteiger partial charge in [-0.3, -0.25) is 0 Å². The van der Waals surface area contributed by atoms with Crippen molar-refractivity contribution in [1.82, 2.24) is 0 Å². The maximum atomic E-state index is 12.0. The van der Waals surface area contributed by atoms with Crippen molar-refractivity contribution in [3.8, 4) is 45.3 Å². The summed E-state index contributed by atoms with van der Waals surface area (Å²) in [5.41, 5.74) is 5.46. The van der Waals surface area contributed by atoms with E-state index in [1.165, 1.54) is 51.4 Å². The quantitative estimate of drug-likeness (QED) is 0.0502. The van der Waals surface area contributed by atoms with Crippen molar-refractivity contribution in [1.29, 1.82) is 0 Å². The van der Waals surface area contributed by atoms with Crippen LogP contribution in [0.1, 0.15) is 78.1 Å². The van der Waals surface area contributed by atoms with Crippen molar-refractivity contribution in [2.24, 2.45) is 0 Å². The van der Waals surface area contributed by atoms with Gasteiger partial charge in [-0.2, -0.15) is 0 Å². The molecule has 0 atom stereocenters. The molecule has 0 spiro atoms. The molecule has 0 aromatic heterocycles. The molecule has 4 aromatic rings. The minimum atomic E-state index is -0.339. The molecule has 0 fully saturated rings. The molecule has 57 heavy (non-hydrogen) atoms. The molecule has 0 N–H and O–H groups in total. The molecule has 0 aliphatic heterocycles. The normalized spacial score (nSPS) is 12.2. The molecule has 6 nitrogen and oxygen atoms in total. The summed E-state index contributed by atoms with van der Waals surface area (Å²) in [5, 5.41) is 24.0. The van der Waals surface area contributed by atoms with Crippen molar-refractivity contribution in [2.45, 2.75) is 78.1 Å². The molecule has 0 heterocycles. The van der Waals surface area contributed by atoms with Gasteiger partial charge in [0, 0.05) is 11.5 Å². The fourth-order valence-electron chi connectivity index (χ4n) is 6.06. The molecule has 0 saturated heterocycles. The SMILES string of the molecule is CCCCCCCOc1ccc(-c2ccc(OC([O-])=C3C=CC=C3)cc2)cc1.CCCCCCCOc1ccc(-c2ccc(OC([O-])=C3C=CC=C3)cc2)cc1.[Fe+2]. The summed E-state index contributed by atoms with van der Waals surface area (Å²) in [5.74, 6) is 2.21. The summed E-state index contributed by atoms with van der Waals surface area (Å²) in [7, 11) is 0. The topological polar surface area (TPSA) is 83.0 Å². The molecular formula is C50H54FeO6. The molecule has 298 valence electrons. The molecule has 2 aliphatic rings. The summed E-state index contributed by atoms with van der Waals surface area (Å²) >= 11 is 0. The Morgan fingerprint density at radius 2 is 0.667 bits per heavy atom. The van der Waals surface area contributed by atoms with Gasteiger partial charge in [0.15, 0.2) is 0 Å². The van der Waals surface area contributed by atoms with E-state index >= 15 is 0 Å². The smallest absolute Gasteiger partial charge is 0.579 e. The molecule has 2 aliphatic carbocycles. The molecule has 7 heteroatoms. The summed E-state index contributed by atoms with van der Waals surface area (Å²) in [6.45, 7) is 5.99. The van der Waals surface area contributed by atoms with Crippen LogP contribution in [0, 0.1) is 0 Å². The Bertz CT molecular complexity index is 1780. The largest absolute Gasteiger partial charge is 2.00 e. The van der Waals surface area contributed by atoms with Gasteiger partial charge in [0.05, 0.1) is 25.1 Å². The van der Waals surface area contributed by atoms with Crippen LogP contribution in [0.4, 0.5) is 0 Å². The fourth-order valence-corrected chi connectivity index (χ4v) is 6.06. The van der Waals surface area contributed by atoms with Crippen molar-refractivity contribution in [2.75, 3.05) is 13.2 Å². The number of unbranched alkanes of at least 4 members (excludes halogenated alkanes) is 8. The zero-order chi connectivity index (χ0) is 39.2. The standard InChI is InChI=1S/2C25H28O3.Fe/c2*1-2-3-4-5-8-19-27-23-15-11-20(12-16-23)21-13-17-24(18-14-21)28-25(26)22-9-6-7-10-22;/h2*6-7,9-18,26H,2-5,8,19H2,1H3;/q;;+2/p-2. The summed E-state index contributed by atoms with van der Waals surface area (Å²) in [6.07, 6.45) is 26.6. The monoisotopic (exact) mass is 806 g/mol. The maximum Gasteiger partial charge on any atom is 2.00 e. The second kappa shape index (κ2) is 25.0. The van der Waals surface area contributed by atoms with E-state index in [4.69, 9.17) is 18.9 Å². The van der Waals surface area contributed by atoms with Gasteiger partial charge in [0.25, 0.3) is 0 Å². The van der Waals surface area contributed by atoms with Crippen LogP contribution >= 0.6 is 0 Å². The molecule has 0 radical (unpaired) electrons. The molecule has 6 rings (SSSR count). The van der Waals surface area contributed by atoms with Gasteiger partial charge in [0.1, 0.15) is 11.5 Å². The Labute approximate surface area is 350 Å². The Kier molecular flexibility index (Phi) is 19.5. The second-order valence-electron chi connectivity index (χ2n) is 13.7. The minimum absolute atomic E-state index is 0. The zero-order valence-electron chi connectivity index (χ0n) is 33.1. The molecule has 0 unspecified atom stereocenters. The predicted molar refractivity (Wildman–Crippen MR) is 224 cm³/mol. The van der Waals surface area contributed by atoms with Gasteiger partial charge >= 0.3 is 17.1 Å². The first-order valence-electron chi connectivity index (χ1n) is 20.1. The Morgan fingerprint density at radius 1 is 0.386 bits per heavy atom. The average molecular weight is 807 g/mol. The van der Waals surface area contributed by atoms with E-state index in [1.54, 1.807) is 24.3 Å². The van der Waals surface area contributed by atoms with Crippen molar-refractivity contribution in [3.63, 3.8) is 0 Å². The third kappa shape index (κ3) is 15.2. The number of benzene rings is 4. The van der Waals surface area contributed by atoms with Crippen LogP contribution < -0.4 is 29.2 Å². The van der Waals surface area contributed by atoms with Crippen molar-refractivity contribution < 1.29 is 46.2 Å². The first-order valence-corrected chi connectivity index (χ1v) is 20.1. The second-order valence-corrected chi connectivity index (χ2v) is 13.7. The van der Waals surface area contributed by atoms with E-state index in [2.05, 4.69) is 38.1 Å². The van der Waals surface area contributed by atoms with Gasteiger partial charge < -0.3 is 29.2 Å². The molecule has 0 bridgehead atoms. The van der Waals surface area contributed by atoms with Gasteiger partial charge in [-0.25, -0.2) is 0 Å². The van der Waals surface area contributed by atoms with E-state index < -0.39 is 0 Å². The van der Waals surface area contributed by atoms with E-state index in [9.17, 15) is 10.2 Å². The number of hydrogen-bond donors (Lipinski definition) is 0. The summed E-state index contributed by atoms with van der Waals surface area (Å²) in [6, 6.07) is 31.3. The third-order valence-electron chi connectivity index (χ3n) is 9.34. The van der Waals surface area contributed by atoms with E-state index in [0.29, 0.717) is 22.6 Å². The van der Waals surface area contributed by atoms with Crippen LogP contribution in [0.25, 0.3) is 22.3 Å². The van der Waals surface area contributed by atoms with Gasteiger partial charge in [-0.15, -0.1) is 0 Å². The number of rotatable bonds is 20. The molecule has 0 saturated carbocycles. The van der Waals surface area contributed by atoms with Crippen LogP contribution in [0.3, 0.4) is 0 Å². The molecular weight excluding hydrogens is 752 g/mol. The number of ether oxygens (including phenoxy) is 4. The number of allylic oxidation sites excluding steroid dienone is 10. The maximum absolute atomic E-state index is 12.0. The van der Waals surface area contributed by atoms with Crippen molar-refractivity contribution in [3.05, 3.63) is 169 Å². The van der Waals surface area contributed by atoms with Crippen LogP contribution in [-0.2, 0) is 17.1 Å². The third-order valence-corrected chi connectivity index (χ3v) is 9.34. The first-order chi connectivity index (χ1) is 27.5. The summed E-state index contributed by atoms with van der Waals surface area (Å²) < 4.78 is 22.4. The van der Waals surface area contributed by atoms with Gasteiger partial charge in [-0.1, -0.05) is 162 Å². The Balaban J connectivity index is 0.000000248. The summed E-state index contributed by atoms with van der Waals surface area (Å²) in [4.78, 5) is 0. The van der Waals surface area contributed by atoms with E-state index in [1.807, 2.05) is 97.1 Å². The van der Waals surface area contributed by atoms with Crippen LogP contribution in [-0.4, -0.2) is 13.2 Å². The zero-order valence-corrected chi connectivity index (χ0v) is 34.2. The first kappa shape index (κ1) is 44.4. The predicted octanol–water partition coefficient (Wildman–Crippen LogP) is 11.6. The Hall–Kier alpha value is -5.36. The minimum Gasteiger partial charge on any atom is -0.579 e. The van der Waals surface area contributed by atoms with E-state index in [0.717, 1.165) is 59.8 Å². The van der Waals surface area contributed by atoms with Gasteiger partial charge in [-0.05, 0) is 94.8 Å².